The summed E-state index contributed by atoms with van der Waals surface area (Å²) >= 11 is 0. The van der Waals surface area contributed by atoms with Gasteiger partial charge in [-0.2, -0.15) is 0 Å². The van der Waals surface area contributed by atoms with Gasteiger partial charge in [0.05, 0.1) is 11.8 Å². The van der Waals surface area contributed by atoms with Crippen molar-refractivity contribution in [1.82, 2.24) is 14.5 Å². The van der Waals surface area contributed by atoms with E-state index < -0.39 is 5.97 Å². The number of benzene rings is 1. The highest BCUT2D eigenvalue weighted by atomic mass is 16.5. The van der Waals surface area contributed by atoms with E-state index in [0.29, 0.717) is 11.3 Å². The summed E-state index contributed by atoms with van der Waals surface area (Å²) in [5, 5.41) is 1.04. The van der Waals surface area contributed by atoms with E-state index in [4.69, 9.17) is 4.74 Å². The lowest BCUT2D eigenvalue weighted by Gasteiger charge is -2.10. The van der Waals surface area contributed by atoms with Gasteiger partial charge in [-0.05, 0) is 19.9 Å². The highest BCUT2D eigenvalue weighted by Gasteiger charge is 2.19. The van der Waals surface area contributed by atoms with E-state index in [1.54, 1.807) is 0 Å². The molecular weight excluding hydrogens is 278 g/mol. The number of aryl methyl sites for hydroxylation is 1. The number of para-hydroxylation sites is 1. The van der Waals surface area contributed by atoms with Crippen molar-refractivity contribution in [2.45, 2.75) is 20.0 Å². The molecule has 22 heavy (non-hydrogen) atoms. The van der Waals surface area contributed by atoms with Gasteiger partial charge in [-0.3, -0.25) is 0 Å². The second-order valence-corrected chi connectivity index (χ2v) is 5.41. The fourth-order valence-electron chi connectivity index (χ4n) is 2.50. The van der Waals surface area contributed by atoms with Gasteiger partial charge in [-0.25, -0.2) is 14.8 Å². The van der Waals surface area contributed by atoms with Gasteiger partial charge in [-0.15, -0.1) is 0 Å². The molecule has 1 aromatic carbocycles. The maximum Gasteiger partial charge on any atom is 0.342 e. The molecule has 0 N–H and O–H groups in total. The number of carbonyl (C=O) groups is 1. The average Bonchev–Trinajstić information content (AvgIpc) is 2.84. The minimum absolute atomic E-state index is 0.187. The first kappa shape index (κ1) is 14.3. The van der Waals surface area contributed by atoms with Crippen molar-refractivity contribution >= 4 is 16.9 Å². The number of carbonyl (C=O) groups excluding carboxylic acids is 1. The van der Waals surface area contributed by atoms with Gasteiger partial charge in [0.15, 0.2) is 0 Å². The second kappa shape index (κ2) is 5.60. The quantitative estimate of drug-likeness (QED) is 0.696. The number of rotatable bonds is 3. The highest BCUT2D eigenvalue weighted by molar-refractivity contribution is 6.02. The van der Waals surface area contributed by atoms with Crippen LogP contribution in [0.3, 0.4) is 0 Å². The van der Waals surface area contributed by atoms with E-state index in [1.165, 1.54) is 12.5 Å². The SMILES string of the molecule is CC(C)OC(=O)c1cncnc1-c1cn(C)c2ccccc12. The minimum Gasteiger partial charge on any atom is -0.459 e. The molecule has 3 aromatic rings. The highest BCUT2D eigenvalue weighted by Crippen LogP contribution is 2.30. The van der Waals surface area contributed by atoms with Crippen LogP contribution in [0.2, 0.25) is 0 Å². The van der Waals surface area contributed by atoms with Crippen LogP contribution in [0, 0.1) is 0 Å². The lowest BCUT2D eigenvalue weighted by atomic mass is 10.1. The maximum atomic E-state index is 12.3. The summed E-state index contributed by atoms with van der Waals surface area (Å²) in [5.41, 5.74) is 2.96. The van der Waals surface area contributed by atoms with E-state index in [2.05, 4.69) is 9.97 Å². The Bertz CT molecular complexity index is 837. The molecule has 5 heteroatoms. The van der Waals surface area contributed by atoms with Crippen molar-refractivity contribution in [3.63, 3.8) is 0 Å². The molecule has 0 fully saturated rings. The third kappa shape index (κ3) is 2.45. The lowest BCUT2D eigenvalue weighted by Crippen LogP contribution is -2.13. The van der Waals surface area contributed by atoms with Gasteiger partial charge in [-0.1, -0.05) is 18.2 Å². The van der Waals surface area contributed by atoms with Crippen LogP contribution in [0.4, 0.5) is 0 Å². The first-order valence-corrected chi connectivity index (χ1v) is 7.13. The van der Waals surface area contributed by atoms with Crippen molar-refractivity contribution in [3.8, 4) is 11.3 Å². The standard InChI is InChI=1S/C17H17N3O2/c1-11(2)22-17(21)13-8-18-10-19-16(13)14-9-20(3)15-7-5-4-6-12(14)15/h4-11H,1-3H3. The number of fused-ring (bicyclic) bond motifs is 1. The van der Waals surface area contributed by atoms with Crippen molar-refractivity contribution in [2.24, 2.45) is 7.05 Å². The predicted octanol–water partition coefficient (Wildman–Crippen LogP) is 3.20. The van der Waals surface area contributed by atoms with Gasteiger partial charge in [0.1, 0.15) is 11.9 Å². The van der Waals surface area contributed by atoms with Crippen LogP contribution < -0.4 is 0 Å². The molecule has 0 radical (unpaired) electrons. The molecule has 2 heterocycles. The van der Waals surface area contributed by atoms with Crippen LogP contribution >= 0.6 is 0 Å². The van der Waals surface area contributed by atoms with Gasteiger partial charge in [0, 0.05) is 35.9 Å². The average molecular weight is 295 g/mol. The van der Waals surface area contributed by atoms with E-state index >= 15 is 0 Å². The molecule has 2 aromatic heterocycles. The summed E-state index contributed by atoms with van der Waals surface area (Å²) < 4.78 is 7.31. The van der Waals surface area contributed by atoms with Gasteiger partial charge >= 0.3 is 5.97 Å². The van der Waals surface area contributed by atoms with E-state index in [0.717, 1.165) is 16.5 Å². The minimum atomic E-state index is -0.404. The Hall–Kier alpha value is -2.69. The normalized spacial score (nSPS) is 11.1. The summed E-state index contributed by atoms with van der Waals surface area (Å²) in [5.74, 6) is -0.404. The molecule has 0 aliphatic rings. The molecular formula is C17H17N3O2. The Balaban J connectivity index is 2.17. The molecule has 0 saturated heterocycles. The number of ether oxygens (including phenoxy) is 1. The van der Waals surface area contributed by atoms with Crippen LogP contribution in [0.15, 0.2) is 43.0 Å². The van der Waals surface area contributed by atoms with Gasteiger partial charge < -0.3 is 9.30 Å². The molecule has 0 aliphatic carbocycles. The monoisotopic (exact) mass is 295 g/mol. The van der Waals surface area contributed by atoms with Crippen molar-refractivity contribution in [3.05, 3.63) is 48.5 Å². The molecule has 112 valence electrons. The Labute approximate surface area is 128 Å². The third-order valence-corrected chi connectivity index (χ3v) is 3.43. The Morgan fingerprint density at radius 1 is 1.27 bits per heavy atom. The number of nitrogens with zero attached hydrogens (tertiary/aromatic N) is 3. The van der Waals surface area contributed by atoms with E-state index in [-0.39, 0.29) is 6.10 Å². The van der Waals surface area contributed by atoms with Crippen LogP contribution in [-0.2, 0) is 11.8 Å². The lowest BCUT2D eigenvalue weighted by molar-refractivity contribution is 0.0378. The zero-order valence-corrected chi connectivity index (χ0v) is 12.8. The number of hydrogen-bond acceptors (Lipinski definition) is 4. The number of aromatic nitrogens is 3. The molecule has 0 unspecified atom stereocenters. The molecule has 0 aliphatic heterocycles. The zero-order chi connectivity index (χ0) is 15.7. The van der Waals surface area contributed by atoms with Gasteiger partial charge in [0.2, 0.25) is 0 Å². The van der Waals surface area contributed by atoms with Gasteiger partial charge in [0.25, 0.3) is 0 Å². The Kier molecular flexibility index (Phi) is 3.63. The third-order valence-electron chi connectivity index (χ3n) is 3.43. The molecule has 5 nitrogen and oxygen atoms in total. The summed E-state index contributed by atoms with van der Waals surface area (Å²) in [6, 6.07) is 8.01. The van der Waals surface area contributed by atoms with Crippen LogP contribution in [0.25, 0.3) is 22.2 Å². The van der Waals surface area contributed by atoms with E-state index in [9.17, 15) is 4.79 Å². The Morgan fingerprint density at radius 2 is 2.05 bits per heavy atom. The molecule has 0 spiro atoms. The maximum absolute atomic E-state index is 12.3. The van der Waals surface area contributed by atoms with E-state index in [1.807, 2.05) is 55.9 Å². The molecule has 0 amide bonds. The van der Waals surface area contributed by atoms with Crippen LogP contribution in [-0.4, -0.2) is 26.6 Å². The molecule has 3 rings (SSSR count). The first-order chi connectivity index (χ1) is 10.6. The largest absolute Gasteiger partial charge is 0.459 e. The van der Waals surface area contributed by atoms with Crippen molar-refractivity contribution in [1.29, 1.82) is 0 Å². The van der Waals surface area contributed by atoms with Crippen molar-refractivity contribution < 1.29 is 9.53 Å². The number of hydrogen-bond donors (Lipinski definition) is 0. The second-order valence-electron chi connectivity index (χ2n) is 5.41. The van der Waals surface area contributed by atoms with Crippen LogP contribution in [0.5, 0.6) is 0 Å². The first-order valence-electron chi connectivity index (χ1n) is 7.13. The topological polar surface area (TPSA) is 57.0 Å². The molecule has 0 bridgehead atoms. The molecule has 0 atom stereocenters. The smallest absolute Gasteiger partial charge is 0.342 e. The Morgan fingerprint density at radius 3 is 2.82 bits per heavy atom. The molecule has 0 saturated carbocycles. The van der Waals surface area contributed by atoms with Crippen molar-refractivity contribution in [2.75, 3.05) is 0 Å². The fourth-order valence-corrected chi connectivity index (χ4v) is 2.50. The zero-order valence-electron chi connectivity index (χ0n) is 12.8. The fraction of sp³-hybridized carbons (Fsp3) is 0.235. The number of esters is 1. The summed E-state index contributed by atoms with van der Waals surface area (Å²) in [7, 11) is 1.97. The summed E-state index contributed by atoms with van der Waals surface area (Å²) in [4.78, 5) is 20.6. The predicted molar refractivity (Wildman–Crippen MR) is 84.5 cm³/mol. The summed E-state index contributed by atoms with van der Waals surface area (Å²) in [6.45, 7) is 3.64. The van der Waals surface area contributed by atoms with Crippen LogP contribution in [0.1, 0.15) is 24.2 Å². The summed E-state index contributed by atoms with van der Waals surface area (Å²) in [6.07, 6.45) is 4.74.